The van der Waals surface area contributed by atoms with Crippen molar-refractivity contribution >= 4 is 17.7 Å². The number of nitrogens with zero attached hydrogens (tertiary/aromatic N) is 2. The third kappa shape index (κ3) is 5.47. The second-order valence-corrected chi connectivity index (χ2v) is 7.65. The SMILES string of the molecule is CSCC[C@H](N)C(=O)NCc1ccccc1-c1ccc(Cn2cccn2)cc1. The van der Waals surface area contributed by atoms with Crippen LogP contribution in [0.2, 0.25) is 0 Å². The molecule has 0 saturated carbocycles. The summed E-state index contributed by atoms with van der Waals surface area (Å²) in [6.07, 6.45) is 6.44. The topological polar surface area (TPSA) is 72.9 Å². The number of thioether (sulfide) groups is 1. The lowest BCUT2D eigenvalue weighted by atomic mass is 9.98. The summed E-state index contributed by atoms with van der Waals surface area (Å²) >= 11 is 1.70. The Morgan fingerprint density at radius 2 is 1.96 bits per heavy atom. The van der Waals surface area contributed by atoms with E-state index in [4.69, 9.17) is 5.73 Å². The molecule has 0 aliphatic heterocycles. The molecule has 3 N–H and O–H groups in total. The average Bonchev–Trinajstić information content (AvgIpc) is 3.24. The summed E-state index contributed by atoms with van der Waals surface area (Å²) in [7, 11) is 0. The number of amides is 1. The molecule has 0 radical (unpaired) electrons. The molecule has 1 aromatic heterocycles. The highest BCUT2D eigenvalue weighted by Gasteiger charge is 2.13. The Labute approximate surface area is 170 Å². The Morgan fingerprint density at radius 3 is 2.68 bits per heavy atom. The van der Waals surface area contributed by atoms with E-state index in [1.54, 1.807) is 18.0 Å². The van der Waals surface area contributed by atoms with Gasteiger partial charge in [0, 0.05) is 18.9 Å². The minimum Gasteiger partial charge on any atom is -0.351 e. The van der Waals surface area contributed by atoms with Crippen LogP contribution in [0.15, 0.2) is 67.0 Å². The Hall–Kier alpha value is -2.57. The van der Waals surface area contributed by atoms with Crippen LogP contribution < -0.4 is 11.1 Å². The zero-order valence-corrected chi connectivity index (χ0v) is 16.9. The quantitative estimate of drug-likeness (QED) is 0.584. The minimum atomic E-state index is -0.457. The second-order valence-electron chi connectivity index (χ2n) is 6.66. The zero-order valence-electron chi connectivity index (χ0n) is 16.0. The molecule has 2 aromatic carbocycles. The summed E-state index contributed by atoms with van der Waals surface area (Å²) < 4.78 is 1.90. The standard InChI is InChI=1S/C22H26N4OS/c1-28-14-11-21(23)22(27)24-15-19-5-2-3-6-20(19)18-9-7-17(8-10-18)16-26-13-4-12-25-26/h2-10,12-13,21H,11,14-16,23H2,1H3,(H,24,27)/t21-/m0/s1. The fourth-order valence-electron chi connectivity index (χ4n) is 3.02. The van der Waals surface area contributed by atoms with Gasteiger partial charge in [0.25, 0.3) is 0 Å². The van der Waals surface area contributed by atoms with Gasteiger partial charge in [-0.3, -0.25) is 9.48 Å². The Balaban J connectivity index is 1.67. The Morgan fingerprint density at radius 1 is 1.18 bits per heavy atom. The van der Waals surface area contributed by atoms with E-state index in [0.29, 0.717) is 13.0 Å². The first kappa shape index (κ1) is 20.2. The van der Waals surface area contributed by atoms with Crippen LogP contribution in [0.25, 0.3) is 11.1 Å². The zero-order chi connectivity index (χ0) is 19.8. The Kier molecular flexibility index (Phi) is 7.28. The lowest BCUT2D eigenvalue weighted by molar-refractivity contribution is -0.122. The van der Waals surface area contributed by atoms with Crippen molar-refractivity contribution in [2.45, 2.75) is 25.6 Å². The molecule has 6 heteroatoms. The third-order valence-corrected chi connectivity index (χ3v) is 5.25. The van der Waals surface area contributed by atoms with Crippen LogP contribution in [0.4, 0.5) is 0 Å². The summed E-state index contributed by atoms with van der Waals surface area (Å²) in [5.41, 5.74) is 10.5. The van der Waals surface area contributed by atoms with Gasteiger partial charge in [0.05, 0.1) is 12.6 Å². The van der Waals surface area contributed by atoms with E-state index < -0.39 is 6.04 Å². The maximum absolute atomic E-state index is 12.2. The molecule has 3 aromatic rings. The maximum Gasteiger partial charge on any atom is 0.237 e. The van der Waals surface area contributed by atoms with Crippen molar-refractivity contribution in [1.29, 1.82) is 0 Å². The molecule has 0 aliphatic rings. The van der Waals surface area contributed by atoms with Gasteiger partial charge in [0.2, 0.25) is 5.91 Å². The molecular formula is C22H26N4OS. The van der Waals surface area contributed by atoms with Crippen LogP contribution in [0.5, 0.6) is 0 Å². The fourth-order valence-corrected chi connectivity index (χ4v) is 3.51. The van der Waals surface area contributed by atoms with Gasteiger partial charge >= 0.3 is 0 Å². The predicted molar refractivity (Wildman–Crippen MR) is 116 cm³/mol. The molecule has 146 valence electrons. The molecule has 0 bridgehead atoms. The molecule has 1 atom stereocenters. The third-order valence-electron chi connectivity index (χ3n) is 4.61. The van der Waals surface area contributed by atoms with Crippen molar-refractivity contribution < 1.29 is 4.79 Å². The van der Waals surface area contributed by atoms with Gasteiger partial charge in [0.1, 0.15) is 0 Å². The lowest BCUT2D eigenvalue weighted by Crippen LogP contribution is -2.40. The predicted octanol–water partition coefficient (Wildman–Crippen LogP) is 3.30. The normalized spacial score (nSPS) is 11.9. The number of nitrogens with two attached hydrogens (primary N) is 1. The van der Waals surface area contributed by atoms with E-state index in [2.05, 4.69) is 40.7 Å². The van der Waals surface area contributed by atoms with Crippen LogP contribution in [-0.2, 0) is 17.9 Å². The monoisotopic (exact) mass is 394 g/mol. The summed E-state index contributed by atoms with van der Waals surface area (Å²) in [6, 6.07) is 18.1. The average molecular weight is 395 g/mol. The maximum atomic E-state index is 12.2. The number of hydrogen-bond acceptors (Lipinski definition) is 4. The summed E-state index contributed by atoms with van der Waals surface area (Å²) in [6.45, 7) is 1.22. The van der Waals surface area contributed by atoms with Gasteiger partial charge in [-0.2, -0.15) is 16.9 Å². The molecule has 0 fully saturated rings. The highest BCUT2D eigenvalue weighted by Crippen LogP contribution is 2.24. The van der Waals surface area contributed by atoms with Crippen LogP contribution in [0, 0.1) is 0 Å². The van der Waals surface area contributed by atoms with Gasteiger partial charge in [-0.1, -0.05) is 48.5 Å². The largest absolute Gasteiger partial charge is 0.351 e. The Bertz CT molecular complexity index is 878. The van der Waals surface area contributed by atoms with Crippen molar-refractivity contribution in [2.24, 2.45) is 5.73 Å². The molecule has 3 rings (SSSR count). The van der Waals surface area contributed by atoms with Crippen LogP contribution in [0.3, 0.4) is 0 Å². The van der Waals surface area contributed by atoms with E-state index >= 15 is 0 Å². The number of aromatic nitrogens is 2. The van der Waals surface area contributed by atoms with E-state index in [-0.39, 0.29) is 5.91 Å². The van der Waals surface area contributed by atoms with Gasteiger partial charge in [-0.05, 0) is 46.7 Å². The first-order valence-corrected chi connectivity index (χ1v) is 10.7. The van der Waals surface area contributed by atoms with E-state index in [1.807, 2.05) is 41.4 Å². The van der Waals surface area contributed by atoms with E-state index in [1.165, 1.54) is 5.56 Å². The van der Waals surface area contributed by atoms with Crippen LogP contribution in [-0.4, -0.2) is 33.7 Å². The lowest BCUT2D eigenvalue weighted by Gasteiger charge is -2.14. The number of carbonyl (C=O) groups excluding carboxylic acids is 1. The number of nitrogens with one attached hydrogen (secondary N) is 1. The van der Waals surface area contributed by atoms with Crippen LogP contribution in [0.1, 0.15) is 17.5 Å². The molecular weight excluding hydrogens is 368 g/mol. The van der Waals surface area contributed by atoms with Gasteiger partial charge in [0.15, 0.2) is 0 Å². The number of benzene rings is 2. The summed E-state index contributed by atoms with van der Waals surface area (Å²) in [4.78, 5) is 12.2. The molecule has 0 spiro atoms. The molecule has 1 heterocycles. The second kappa shape index (κ2) is 10.1. The van der Waals surface area contributed by atoms with Crippen molar-refractivity contribution in [1.82, 2.24) is 15.1 Å². The molecule has 1 amide bonds. The van der Waals surface area contributed by atoms with Gasteiger partial charge in [-0.15, -0.1) is 0 Å². The van der Waals surface area contributed by atoms with Gasteiger partial charge < -0.3 is 11.1 Å². The highest BCUT2D eigenvalue weighted by molar-refractivity contribution is 7.98. The first-order chi connectivity index (χ1) is 13.7. The molecule has 28 heavy (non-hydrogen) atoms. The summed E-state index contributed by atoms with van der Waals surface area (Å²) in [5, 5.41) is 7.22. The molecule has 0 aliphatic carbocycles. The van der Waals surface area contributed by atoms with E-state index in [9.17, 15) is 4.79 Å². The summed E-state index contributed by atoms with van der Waals surface area (Å²) in [5.74, 6) is 0.786. The van der Waals surface area contributed by atoms with Crippen LogP contribution >= 0.6 is 11.8 Å². The number of hydrogen-bond donors (Lipinski definition) is 2. The first-order valence-electron chi connectivity index (χ1n) is 9.34. The molecule has 5 nitrogen and oxygen atoms in total. The minimum absolute atomic E-state index is 0.0987. The van der Waals surface area contributed by atoms with Crippen molar-refractivity contribution in [3.8, 4) is 11.1 Å². The smallest absolute Gasteiger partial charge is 0.237 e. The van der Waals surface area contributed by atoms with E-state index in [0.717, 1.165) is 29.0 Å². The number of carbonyl (C=O) groups is 1. The molecule has 0 saturated heterocycles. The molecule has 0 unspecified atom stereocenters. The number of rotatable bonds is 9. The van der Waals surface area contributed by atoms with Crippen molar-refractivity contribution in [2.75, 3.05) is 12.0 Å². The highest BCUT2D eigenvalue weighted by atomic mass is 32.2. The fraction of sp³-hybridized carbons (Fsp3) is 0.273. The van der Waals surface area contributed by atoms with Crippen molar-refractivity contribution in [3.05, 3.63) is 78.1 Å². The van der Waals surface area contributed by atoms with Gasteiger partial charge in [-0.25, -0.2) is 0 Å². The van der Waals surface area contributed by atoms with Crippen molar-refractivity contribution in [3.63, 3.8) is 0 Å².